The normalized spacial score (nSPS) is 37.1. The minimum Gasteiger partial charge on any atom is -0.310 e. The second kappa shape index (κ2) is 5.76. The van der Waals surface area contributed by atoms with Crippen LogP contribution in [0.3, 0.4) is 0 Å². The summed E-state index contributed by atoms with van der Waals surface area (Å²) in [4.78, 5) is 0. The molecule has 0 aromatic heterocycles. The first-order chi connectivity index (χ1) is 10.3. The van der Waals surface area contributed by atoms with Crippen molar-refractivity contribution in [2.75, 3.05) is 6.54 Å². The maximum absolute atomic E-state index is 3.86. The van der Waals surface area contributed by atoms with Crippen molar-refractivity contribution in [2.24, 2.45) is 23.7 Å². The molecule has 0 aliphatic heterocycles. The Morgan fingerprint density at radius 2 is 2.00 bits per heavy atom. The minimum atomic E-state index is 0.625. The fraction of sp³-hybridized carbons (Fsp3) is 0.700. The van der Waals surface area contributed by atoms with Crippen LogP contribution in [0.15, 0.2) is 24.3 Å². The van der Waals surface area contributed by atoms with E-state index < -0.39 is 0 Å². The second-order valence-corrected chi connectivity index (χ2v) is 7.77. The minimum absolute atomic E-state index is 0.625. The van der Waals surface area contributed by atoms with Crippen LogP contribution in [0, 0.1) is 23.7 Å². The predicted octanol–water partition coefficient (Wildman–Crippen LogP) is 4.73. The zero-order chi connectivity index (χ0) is 14.2. The molecule has 3 aliphatic carbocycles. The third-order valence-corrected chi connectivity index (χ3v) is 6.45. The lowest BCUT2D eigenvalue weighted by molar-refractivity contribution is 0.240. The Morgan fingerprint density at radius 1 is 1.10 bits per heavy atom. The average Bonchev–Trinajstić information content (AvgIpc) is 3.19. The maximum Gasteiger partial charge on any atom is 0.0354 e. The summed E-state index contributed by atoms with van der Waals surface area (Å²) in [7, 11) is 0. The third kappa shape index (κ3) is 2.54. The number of rotatable bonds is 5. The first kappa shape index (κ1) is 13.8. The van der Waals surface area contributed by atoms with Gasteiger partial charge in [-0.25, -0.2) is 0 Å². The molecule has 5 atom stereocenters. The monoisotopic (exact) mass is 283 g/mol. The molecule has 0 heterocycles. The van der Waals surface area contributed by atoms with Gasteiger partial charge >= 0.3 is 0 Å². The van der Waals surface area contributed by atoms with Crippen molar-refractivity contribution in [1.29, 1.82) is 0 Å². The fourth-order valence-corrected chi connectivity index (χ4v) is 5.53. The average molecular weight is 283 g/mol. The molecule has 2 saturated carbocycles. The van der Waals surface area contributed by atoms with Crippen molar-refractivity contribution in [3.05, 3.63) is 35.4 Å². The lowest BCUT2D eigenvalue weighted by atomic mass is 9.80. The van der Waals surface area contributed by atoms with E-state index in [1.165, 1.54) is 38.5 Å². The van der Waals surface area contributed by atoms with E-state index in [2.05, 4.69) is 36.5 Å². The molecule has 2 bridgehead atoms. The first-order valence-corrected chi connectivity index (χ1v) is 9.16. The van der Waals surface area contributed by atoms with E-state index in [-0.39, 0.29) is 0 Å². The van der Waals surface area contributed by atoms with E-state index in [9.17, 15) is 0 Å². The molecule has 1 heteroatoms. The van der Waals surface area contributed by atoms with E-state index >= 15 is 0 Å². The van der Waals surface area contributed by atoms with Gasteiger partial charge in [-0.3, -0.25) is 0 Å². The Morgan fingerprint density at radius 3 is 2.76 bits per heavy atom. The highest BCUT2D eigenvalue weighted by Gasteiger charge is 2.42. The number of fused-ring (bicyclic) bond motifs is 3. The van der Waals surface area contributed by atoms with E-state index in [1.807, 2.05) is 0 Å². The molecule has 4 rings (SSSR count). The zero-order valence-corrected chi connectivity index (χ0v) is 13.4. The summed E-state index contributed by atoms with van der Waals surface area (Å²) in [6.07, 6.45) is 10.2. The van der Waals surface area contributed by atoms with Gasteiger partial charge in [0.05, 0.1) is 0 Å². The Hall–Kier alpha value is -0.820. The predicted molar refractivity (Wildman–Crippen MR) is 88.2 cm³/mol. The van der Waals surface area contributed by atoms with Gasteiger partial charge in [0.15, 0.2) is 0 Å². The summed E-state index contributed by atoms with van der Waals surface area (Å²) >= 11 is 0. The van der Waals surface area contributed by atoms with Crippen molar-refractivity contribution in [1.82, 2.24) is 5.32 Å². The zero-order valence-electron chi connectivity index (χ0n) is 13.4. The number of benzene rings is 1. The van der Waals surface area contributed by atoms with Crippen LogP contribution in [0.25, 0.3) is 0 Å². The Bertz CT molecular complexity index is 494. The molecular weight excluding hydrogens is 254 g/mol. The molecule has 0 amide bonds. The summed E-state index contributed by atoms with van der Waals surface area (Å²) in [5, 5.41) is 3.86. The Kier molecular flexibility index (Phi) is 3.79. The number of nitrogens with one attached hydrogen (secondary N) is 1. The Balaban J connectivity index is 1.49. The summed E-state index contributed by atoms with van der Waals surface area (Å²) < 4.78 is 0. The van der Waals surface area contributed by atoms with Gasteiger partial charge in [0.1, 0.15) is 0 Å². The Labute approximate surface area is 129 Å². The summed E-state index contributed by atoms with van der Waals surface area (Å²) in [5.41, 5.74) is 3.21. The molecule has 0 saturated heterocycles. The third-order valence-electron chi connectivity index (χ3n) is 6.45. The largest absolute Gasteiger partial charge is 0.310 e. The summed E-state index contributed by atoms with van der Waals surface area (Å²) in [5.74, 6) is 4.05. The van der Waals surface area contributed by atoms with Gasteiger partial charge in [-0.2, -0.15) is 0 Å². The van der Waals surface area contributed by atoms with Gasteiger partial charge in [0, 0.05) is 6.04 Å². The molecule has 0 radical (unpaired) electrons. The fourth-order valence-electron chi connectivity index (χ4n) is 5.53. The van der Waals surface area contributed by atoms with Crippen LogP contribution in [0.4, 0.5) is 0 Å². The van der Waals surface area contributed by atoms with Gasteiger partial charge < -0.3 is 5.32 Å². The van der Waals surface area contributed by atoms with Gasteiger partial charge in [-0.15, -0.1) is 0 Å². The molecule has 1 aromatic rings. The topological polar surface area (TPSA) is 12.0 Å². The molecule has 3 aliphatic rings. The highest BCUT2D eigenvalue weighted by atomic mass is 14.9. The molecule has 21 heavy (non-hydrogen) atoms. The van der Waals surface area contributed by atoms with Gasteiger partial charge in [-0.1, -0.05) is 37.6 Å². The molecule has 5 unspecified atom stereocenters. The SMILES string of the molecule is CCCNC1c2ccccc2CC1CC1CC2CCC1C2. The lowest BCUT2D eigenvalue weighted by Crippen LogP contribution is -2.28. The molecule has 1 nitrogen and oxygen atoms in total. The van der Waals surface area contributed by atoms with Crippen molar-refractivity contribution >= 4 is 0 Å². The van der Waals surface area contributed by atoms with Crippen LogP contribution in [-0.4, -0.2) is 6.54 Å². The van der Waals surface area contributed by atoms with Crippen LogP contribution in [0.5, 0.6) is 0 Å². The van der Waals surface area contributed by atoms with Crippen LogP contribution in [0.2, 0.25) is 0 Å². The van der Waals surface area contributed by atoms with Crippen molar-refractivity contribution in [3.8, 4) is 0 Å². The maximum atomic E-state index is 3.86. The van der Waals surface area contributed by atoms with E-state index in [0.29, 0.717) is 6.04 Å². The van der Waals surface area contributed by atoms with Crippen molar-refractivity contribution in [3.63, 3.8) is 0 Å². The number of hydrogen-bond donors (Lipinski definition) is 1. The van der Waals surface area contributed by atoms with Crippen LogP contribution in [-0.2, 0) is 6.42 Å². The second-order valence-electron chi connectivity index (χ2n) is 7.77. The quantitative estimate of drug-likeness (QED) is 0.824. The van der Waals surface area contributed by atoms with E-state index in [1.54, 1.807) is 17.5 Å². The standard InChI is InChI=1S/C20H29N/c1-2-9-21-20-18(12-16-5-3-4-6-19(16)20)13-17-11-14-7-8-15(17)10-14/h3-6,14-15,17-18,20-21H,2,7-13H2,1H3. The van der Waals surface area contributed by atoms with Crippen molar-refractivity contribution in [2.45, 2.75) is 57.9 Å². The van der Waals surface area contributed by atoms with Crippen LogP contribution in [0.1, 0.15) is 62.6 Å². The van der Waals surface area contributed by atoms with E-state index in [4.69, 9.17) is 0 Å². The van der Waals surface area contributed by atoms with E-state index in [0.717, 1.165) is 30.2 Å². The highest BCUT2D eigenvalue weighted by molar-refractivity contribution is 5.35. The molecule has 1 aromatic carbocycles. The molecule has 1 N–H and O–H groups in total. The number of hydrogen-bond acceptors (Lipinski definition) is 1. The van der Waals surface area contributed by atoms with Crippen LogP contribution >= 0.6 is 0 Å². The molecule has 2 fully saturated rings. The lowest BCUT2D eigenvalue weighted by Gasteiger charge is -2.28. The summed E-state index contributed by atoms with van der Waals surface area (Å²) in [6, 6.07) is 9.79. The van der Waals surface area contributed by atoms with Crippen molar-refractivity contribution < 1.29 is 0 Å². The smallest absolute Gasteiger partial charge is 0.0354 e. The van der Waals surface area contributed by atoms with Gasteiger partial charge in [0.2, 0.25) is 0 Å². The molecule has 114 valence electrons. The van der Waals surface area contributed by atoms with Gasteiger partial charge in [0.25, 0.3) is 0 Å². The van der Waals surface area contributed by atoms with Crippen LogP contribution < -0.4 is 5.32 Å². The summed E-state index contributed by atoms with van der Waals surface area (Å²) in [6.45, 7) is 3.44. The van der Waals surface area contributed by atoms with Gasteiger partial charge in [-0.05, 0) is 79.9 Å². The first-order valence-electron chi connectivity index (χ1n) is 9.16. The molecular formula is C20H29N. The molecule has 0 spiro atoms. The highest BCUT2D eigenvalue weighted by Crippen LogP contribution is 2.52.